The number of piperidine rings is 1. The zero-order chi connectivity index (χ0) is 22.6. The van der Waals surface area contributed by atoms with Crippen molar-refractivity contribution in [2.75, 3.05) is 57.4 Å². The van der Waals surface area contributed by atoms with E-state index in [0.29, 0.717) is 57.9 Å². The van der Waals surface area contributed by atoms with Crippen LogP contribution in [-0.2, 0) is 4.74 Å². The molecule has 32 heavy (non-hydrogen) atoms. The Bertz CT molecular complexity index is 903. The van der Waals surface area contributed by atoms with Crippen LogP contribution in [0.5, 0.6) is 5.75 Å². The molecule has 0 amide bonds. The first-order chi connectivity index (χ1) is 15.4. The predicted octanol–water partition coefficient (Wildman–Crippen LogP) is 2.61. The van der Waals surface area contributed by atoms with Gasteiger partial charge in [-0.1, -0.05) is 30.3 Å². The fraction of sp³-hybridized carbons (Fsp3) is 0.520. The highest BCUT2D eigenvalue weighted by Crippen LogP contribution is 2.29. The number of aryl methyl sites for hydroxylation is 1. The molecule has 0 aromatic heterocycles. The van der Waals surface area contributed by atoms with Gasteiger partial charge in [0.15, 0.2) is 0 Å². The number of halogens is 1. The summed E-state index contributed by atoms with van der Waals surface area (Å²) in [4.78, 5) is 4.05. The van der Waals surface area contributed by atoms with E-state index in [1.807, 2.05) is 42.2 Å². The van der Waals surface area contributed by atoms with Crippen LogP contribution in [0.2, 0.25) is 0 Å². The molecule has 4 rings (SSSR count). The van der Waals surface area contributed by atoms with Gasteiger partial charge in [0.05, 0.1) is 24.5 Å². The number of nitrogens with zero attached hydrogens (tertiary/aromatic N) is 2. The minimum absolute atomic E-state index is 0.119. The topological polar surface area (TPSA) is 65.4 Å². The summed E-state index contributed by atoms with van der Waals surface area (Å²) in [6, 6.07) is 14.5. The number of ether oxygens (including phenoxy) is 2. The molecule has 174 valence electrons. The Hall–Kier alpha value is -2.19. The van der Waals surface area contributed by atoms with Gasteiger partial charge >= 0.3 is 0 Å². The molecule has 2 N–H and O–H groups in total. The monoisotopic (exact) mass is 444 g/mol. The predicted molar refractivity (Wildman–Crippen MR) is 122 cm³/mol. The van der Waals surface area contributed by atoms with Crippen molar-refractivity contribution in [3.05, 3.63) is 59.9 Å². The second-order valence-corrected chi connectivity index (χ2v) is 9.20. The molecule has 2 saturated heterocycles. The first kappa shape index (κ1) is 23.0. The Morgan fingerprint density at radius 3 is 2.47 bits per heavy atom. The number of aliphatic hydroxyl groups is 2. The molecule has 0 saturated carbocycles. The molecular weight excluding hydrogens is 411 g/mol. The molecule has 0 radical (unpaired) electrons. The zero-order valence-corrected chi connectivity index (χ0v) is 18.7. The molecule has 0 aliphatic carbocycles. The summed E-state index contributed by atoms with van der Waals surface area (Å²) >= 11 is 0. The Morgan fingerprint density at radius 2 is 1.72 bits per heavy atom. The van der Waals surface area contributed by atoms with Crippen molar-refractivity contribution in [1.29, 1.82) is 0 Å². The van der Waals surface area contributed by atoms with Gasteiger partial charge in [-0.05, 0) is 43.5 Å². The van der Waals surface area contributed by atoms with Crippen molar-refractivity contribution in [1.82, 2.24) is 4.90 Å². The van der Waals surface area contributed by atoms with Crippen LogP contribution in [-0.4, -0.2) is 78.9 Å². The van der Waals surface area contributed by atoms with Crippen LogP contribution in [0.15, 0.2) is 48.5 Å². The van der Waals surface area contributed by atoms with Crippen LogP contribution in [0.1, 0.15) is 18.4 Å². The summed E-state index contributed by atoms with van der Waals surface area (Å²) in [5, 5.41) is 22.4. The maximum atomic E-state index is 14.1. The fourth-order valence-corrected chi connectivity index (χ4v) is 4.60. The Labute approximate surface area is 189 Å². The summed E-state index contributed by atoms with van der Waals surface area (Å²) in [6.45, 7) is 5.37. The van der Waals surface area contributed by atoms with E-state index >= 15 is 0 Å². The van der Waals surface area contributed by atoms with E-state index in [-0.39, 0.29) is 19.0 Å². The Balaban J connectivity index is 1.35. The molecule has 0 bridgehead atoms. The largest absolute Gasteiger partial charge is 0.490 e. The third-order valence-corrected chi connectivity index (χ3v) is 6.44. The van der Waals surface area contributed by atoms with Gasteiger partial charge < -0.3 is 24.6 Å². The van der Waals surface area contributed by atoms with Gasteiger partial charge in [0.25, 0.3) is 0 Å². The van der Waals surface area contributed by atoms with E-state index in [2.05, 4.69) is 4.90 Å². The number of β-amino-alcohol motifs (C(OH)–C–C–N with tert-alkyl or cyclic N) is 2. The molecule has 7 heteroatoms. The lowest BCUT2D eigenvalue weighted by Gasteiger charge is -2.42. The minimum atomic E-state index is -1.16. The van der Waals surface area contributed by atoms with Gasteiger partial charge in [0, 0.05) is 32.7 Å². The number of rotatable bonds is 6. The first-order valence-corrected chi connectivity index (χ1v) is 11.3. The van der Waals surface area contributed by atoms with Gasteiger partial charge in [-0.15, -0.1) is 0 Å². The van der Waals surface area contributed by atoms with E-state index in [9.17, 15) is 14.6 Å². The smallest absolute Gasteiger partial charge is 0.146 e. The average Bonchev–Trinajstić information content (AvgIpc) is 2.95. The first-order valence-electron chi connectivity index (χ1n) is 11.3. The standard InChI is InChI=1S/C25H33FN2O4/c1-20-6-2-5-9-23(20)32-19-25(30)17-27(14-15-31-18-25)16-24(29)10-12-28(13-11-24)22-8-4-3-7-21(22)26/h2-9,29-30H,10-19H2,1H3/t25-/m0/s1. The van der Waals surface area contributed by atoms with Crippen LogP contribution >= 0.6 is 0 Å². The number of benzene rings is 2. The van der Waals surface area contributed by atoms with E-state index in [0.717, 1.165) is 11.3 Å². The van der Waals surface area contributed by atoms with Crippen molar-refractivity contribution >= 4 is 5.69 Å². The summed E-state index contributed by atoms with van der Waals surface area (Å²) in [5.74, 6) is 0.511. The summed E-state index contributed by atoms with van der Waals surface area (Å²) in [7, 11) is 0. The molecule has 2 aliphatic rings. The lowest BCUT2D eigenvalue weighted by molar-refractivity contribution is -0.0743. The van der Waals surface area contributed by atoms with Crippen molar-refractivity contribution < 1.29 is 24.1 Å². The van der Waals surface area contributed by atoms with E-state index in [1.165, 1.54) is 6.07 Å². The van der Waals surface area contributed by atoms with Crippen molar-refractivity contribution in [2.24, 2.45) is 0 Å². The normalized spacial score (nSPS) is 24.2. The molecule has 0 spiro atoms. The highest BCUT2D eigenvalue weighted by Gasteiger charge is 2.39. The lowest BCUT2D eigenvalue weighted by Crippen LogP contribution is -2.55. The second kappa shape index (κ2) is 9.75. The van der Waals surface area contributed by atoms with Gasteiger partial charge in [0.1, 0.15) is 23.8 Å². The van der Waals surface area contributed by atoms with Gasteiger partial charge in [-0.2, -0.15) is 0 Å². The lowest BCUT2D eigenvalue weighted by atomic mass is 9.90. The summed E-state index contributed by atoms with van der Waals surface area (Å²) in [5.41, 5.74) is -0.453. The molecule has 0 unspecified atom stereocenters. The van der Waals surface area contributed by atoms with Crippen molar-refractivity contribution in [3.8, 4) is 5.75 Å². The molecule has 6 nitrogen and oxygen atoms in total. The molecule has 2 aromatic carbocycles. The SMILES string of the molecule is Cc1ccccc1OC[C@@]1(O)COCCN(CC2(O)CCN(c3ccccc3F)CC2)C1. The number of hydrogen-bond donors (Lipinski definition) is 2. The third-order valence-electron chi connectivity index (χ3n) is 6.44. The highest BCUT2D eigenvalue weighted by atomic mass is 19.1. The Morgan fingerprint density at radius 1 is 1.00 bits per heavy atom. The highest BCUT2D eigenvalue weighted by molar-refractivity contribution is 5.48. The van der Waals surface area contributed by atoms with Crippen LogP contribution in [0.4, 0.5) is 10.1 Å². The minimum Gasteiger partial charge on any atom is -0.490 e. The third kappa shape index (κ3) is 5.59. The fourth-order valence-electron chi connectivity index (χ4n) is 4.60. The number of hydrogen-bond acceptors (Lipinski definition) is 6. The molecule has 1 atom stereocenters. The number of para-hydroxylation sites is 2. The van der Waals surface area contributed by atoms with Crippen LogP contribution in [0.3, 0.4) is 0 Å². The van der Waals surface area contributed by atoms with E-state index < -0.39 is 11.2 Å². The summed E-state index contributed by atoms with van der Waals surface area (Å²) < 4.78 is 25.7. The van der Waals surface area contributed by atoms with Gasteiger partial charge in [0.2, 0.25) is 0 Å². The second-order valence-electron chi connectivity index (χ2n) is 9.20. The average molecular weight is 445 g/mol. The van der Waals surface area contributed by atoms with Crippen LogP contribution in [0.25, 0.3) is 0 Å². The molecule has 2 heterocycles. The molecular formula is C25H33FN2O4. The van der Waals surface area contributed by atoms with Crippen molar-refractivity contribution in [2.45, 2.75) is 31.0 Å². The number of anilines is 1. The Kier molecular flexibility index (Phi) is 7.00. The molecule has 2 fully saturated rings. The van der Waals surface area contributed by atoms with Gasteiger partial charge in [-0.25, -0.2) is 4.39 Å². The zero-order valence-electron chi connectivity index (χ0n) is 18.7. The van der Waals surface area contributed by atoms with Crippen molar-refractivity contribution in [3.63, 3.8) is 0 Å². The van der Waals surface area contributed by atoms with Crippen LogP contribution in [0, 0.1) is 12.7 Å². The van der Waals surface area contributed by atoms with Gasteiger partial charge in [-0.3, -0.25) is 4.90 Å². The van der Waals surface area contributed by atoms with E-state index in [4.69, 9.17) is 9.47 Å². The van der Waals surface area contributed by atoms with Crippen LogP contribution < -0.4 is 9.64 Å². The maximum Gasteiger partial charge on any atom is 0.146 e. The summed E-state index contributed by atoms with van der Waals surface area (Å²) in [6.07, 6.45) is 1.08. The molecule has 2 aliphatic heterocycles. The maximum absolute atomic E-state index is 14.1. The quantitative estimate of drug-likeness (QED) is 0.714. The van der Waals surface area contributed by atoms with E-state index in [1.54, 1.807) is 12.1 Å². The molecule has 2 aromatic rings.